The molecular weight excluding hydrogens is 420 g/mol. The number of rotatable bonds is 9. The summed E-state index contributed by atoms with van der Waals surface area (Å²) in [4.78, 5) is 25.2. The zero-order valence-electron chi connectivity index (χ0n) is 17.1. The predicted molar refractivity (Wildman–Crippen MR) is 116 cm³/mol. The van der Waals surface area contributed by atoms with Gasteiger partial charge in [-0.1, -0.05) is 41.9 Å². The van der Waals surface area contributed by atoms with Gasteiger partial charge in [0.1, 0.15) is 29.4 Å². The molecule has 0 heterocycles. The van der Waals surface area contributed by atoms with Gasteiger partial charge in [-0.2, -0.15) is 0 Å². The van der Waals surface area contributed by atoms with Gasteiger partial charge in [-0.15, -0.1) is 0 Å². The Balaban J connectivity index is 1.69. The predicted octanol–water partition coefficient (Wildman–Crippen LogP) is 4.98. The Morgan fingerprint density at radius 3 is 2.32 bits per heavy atom. The summed E-state index contributed by atoms with van der Waals surface area (Å²) in [6, 6.07) is 18.8. The molecule has 0 fully saturated rings. The van der Waals surface area contributed by atoms with Gasteiger partial charge in [0.25, 0.3) is 0 Å². The van der Waals surface area contributed by atoms with Crippen LogP contribution in [-0.4, -0.2) is 32.6 Å². The average Bonchev–Trinajstić information content (AvgIpc) is 2.81. The van der Waals surface area contributed by atoms with E-state index in [9.17, 15) is 9.59 Å². The van der Waals surface area contributed by atoms with Gasteiger partial charge >= 0.3 is 5.97 Å². The Morgan fingerprint density at radius 2 is 1.58 bits per heavy atom. The van der Waals surface area contributed by atoms with Gasteiger partial charge in [-0.25, -0.2) is 4.79 Å². The maximum atomic E-state index is 12.6. The van der Waals surface area contributed by atoms with E-state index in [-0.39, 0.29) is 17.7 Å². The van der Waals surface area contributed by atoms with E-state index in [1.165, 1.54) is 20.3 Å². The molecule has 6 nitrogen and oxygen atoms in total. The van der Waals surface area contributed by atoms with Crippen LogP contribution in [0.15, 0.2) is 66.7 Å². The van der Waals surface area contributed by atoms with E-state index in [0.717, 1.165) is 5.56 Å². The van der Waals surface area contributed by atoms with Gasteiger partial charge in [0, 0.05) is 10.6 Å². The van der Waals surface area contributed by atoms with Gasteiger partial charge in [0.05, 0.1) is 19.8 Å². The van der Waals surface area contributed by atoms with Crippen LogP contribution in [0.25, 0.3) is 0 Å². The van der Waals surface area contributed by atoms with Crippen molar-refractivity contribution in [3.05, 3.63) is 88.4 Å². The lowest BCUT2D eigenvalue weighted by atomic mass is 10.1. The number of Topliss-reactive ketones (excluding diaryl/α,β-unsaturated/α-hetero) is 1. The van der Waals surface area contributed by atoms with Crippen molar-refractivity contribution in [3.63, 3.8) is 0 Å². The van der Waals surface area contributed by atoms with Crippen LogP contribution >= 0.6 is 11.6 Å². The summed E-state index contributed by atoms with van der Waals surface area (Å²) >= 11 is 6.15. The van der Waals surface area contributed by atoms with Gasteiger partial charge in [0.15, 0.2) is 6.61 Å². The maximum absolute atomic E-state index is 12.6. The molecule has 0 atom stereocenters. The topological polar surface area (TPSA) is 71.1 Å². The van der Waals surface area contributed by atoms with Crippen LogP contribution in [0.1, 0.15) is 26.3 Å². The third kappa shape index (κ3) is 5.55. The highest BCUT2D eigenvalue weighted by atomic mass is 35.5. The minimum Gasteiger partial charge on any atom is -0.497 e. The lowest BCUT2D eigenvalue weighted by Gasteiger charge is -2.13. The molecule has 0 aliphatic heterocycles. The first kappa shape index (κ1) is 22.2. The molecular formula is C24H21ClO6. The fourth-order valence-electron chi connectivity index (χ4n) is 2.85. The number of carbonyl (C=O) groups excluding carboxylic acids is 2. The van der Waals surface area contributed by atoms with Crippen LogP contribution in [0.3, 0.4) is 0 Å². The fourth-order valence-corrected chi connectivity index (χ4v) is 3.04. The number of hydrogen-bond acceptors (Lipinski definition) is 6. The summed E-state index contributed by atoms with van der Waals surface area (Å²) in [6.45, 7) is -0.273. The quantitative estimate of drug-likeness (QED) is 0.345. The molecule has 3 aromatic carbocycles. The van der Waals surface area contributed by atoms with E-state index in [4.69, 9.17) is 30.5 Å². The van der Waals surface area contributed by atoms with Crippen molar-refractivity contribution in [2.45, 2.75) is 6.61 Å². The van der Waals surface area contributed by atoms with E-state index < -0.39 is 18.4 Å². The van der Waals surface area contributed by atoms with Gasteiger partial charge in [-0.3, -0.25) is 4.79 Å². The molecule has 7 heteroatoms. The van der Waals surface area contributed by atoms with Crippen LogP contribution in [0, 0.1) is 0 Å². The number of benzene rings is 3. The number of hydrogen-bond donors (Lipinski definition) is 0. The second-order valence-electron chi connectivity index (χ2n) is 6.44. The standard InChI is InChI=1S/C24H21ClO6/c1-28-17-11-12-22(29-2)19(13-17)21(26)15-31-24(27)18-8-4-6-10-23(18)30-14-16-7-3-5-9-20(16)25/h3-13H,14-15H2,1-2H3. The molecule has 160 valence electrons. The molecule has 31 heavy (non-hydrogen) atoms. The first-order valence-corrected chi connectivity index (χ1v) is 9.79. The molecule has 0 aromatic heterocycles. The smallest absolute Gasteiger partial charge is 0.342 e. The molecule has 0 saturated heterocycles. The molecule has 0 unspecified atom stereocenters. The van der Waals surface area contributed by atoms with Crippen molar-refractivity contribution in [1.29, 1.82) is 0 Å². The number of esters is 1. The molecule has 0 spiro atoms. The number of ether oxygens (including phenoxy) is 4. The maximum Gasteiger partial charge on any atom is 0.342 e. The number of methoxy groups -OCH3 is 2. The molecule has 0 aliphatic carbocycles. The van der Waals surface area contributed by atoms with Crippen molar-refractivity contribution in [2.24, 2.45) is 0 Å². The lowest BCUT2D eigenvalue weighted by molar-refractivity contribution is 0.0469. The highest BCUT2D eigenvalue weighted by Crippen LogP contribution is 2.25. The van der Waals surface area contributed by atoms with Crippen molar-refractivity contribution >= 4 is 23.4 Å². The second kappa shape index (κ2) is 10.5. The van der Waals surface area contributed by atoms with Crippen molar-refractivity contribution in [1.82, 2.24) is 0 Å². The number of ketones is 1. The Hall–Kier alpha value is -3.51. The summed E-state index contributed by atoms with van der Waals surface area (Å²) in [5.74, 6) is 0.0986. The fraction of sp³-hybridized carbons (Fsp3) is 0.167. The van der Waals surface area contributed by atoms with Crippen molar-refractivity contribution < 1.29 is 28.5 Å². The molecule has 3 aromatic rings. The van der Waals surface area contributed by atoms with E-state index in [1.807, 2.05) is 18.2 Å². The van der Waals surface area contributed by atoms with E-state index >= 15 is 0 Å². The minimum atomic E-state index is -0.676. The largest absolute Gasteiger partial charge is 0.497 e. The summed E-state index contributed by atoms with van der Waals surface area (Å²) in [5.41, 5.74) is 1.26. The summed E-state index contributed by atoms with van der Waals surface area (Å²) in [5, 5.41) is 0.570. The zero-order valence-corrected chi connectivity index (χ0v) is 17.8. The molecule has 0 bridgehead atoms. The Bertz CT molecular complexity index is 1080. The Kier molecular flexibility index (Phi) is 7.51. The van der Waals surface area contributed by atoms with Crippen LogP contribution in [0.2, 0.25) is 5.02 Å². The molecule has 0 saturated carbocycles. The van der Waals surface area contributed by atoms with Gasteiger partial charge in [-0.05, 0) is 36.4 Å². The number of para-hydroxylation sites is 1. The monoisotopic (exact) mass is 440 g/mol. The molecule has 0 amide bonds. The second-order valence-corrected chi connectivity index (χ2v) is 6.85. The molecule has 3 rings (SSSR count). The van der Waals surface area contributed by atoms with E-state index in [0.29, 0.717) is 22.3 Å². The average molecular weight is 441 g/mol. The van der Waals surface area contributed by atoms with Crippen LogP contribution < -0.4 is 14.2 Å². The minimum absolute atomic E-state index is 0.184. The van der Waals surface area contributed by atoms with Crippen LogP contribution in [0.5, 0.6) is 17.2 Å². The van der Waals surface area contributed by atoms with Crippen LogP contribution in [-0.2, 0) is 11.3 Å². The van der Waals surface area contributed by atoms with Crippen molar-refractivity contribution in [2.75, 3.05) is 20.8 Å². The Labute approximate surface area is 185 Å². The number of carbonyl (C=O) groups is 2. The van der Waals surface area contributed by atoms with Gasteiger partial charge < -0.3 is 18.9 Å². The highest BCUT2D eigenvalue weighted by Gasteiger charge is 2.19. The first-order valence-electron chi connectivity index (χ1n) is 9.41. The van der Waals surface area contributed by atoms with Crippen LogP contribution in [0.4, 0.5) is 0 Å². The van der Waals surface area contributed by atoms with Crippen molar-refractivity contribution in [3.8, 4) is 17.2 Å². The summed E-state index contributed by atoms with van der Waals surface area (Å²) < 4.78 is 21.4. The van der Waals surface area contributed by atoms with E-state index in [1.54, 1.807) is 42.5 Å². The lowest BCUT2D eigenvalue weighted by Crippen LogP contribution is -2.16. The molecule has 0 N–H and O–H groups in total. The Morgan fingerprint density at radius 1 is 0.839 bits per heavy atom. The zero-order chi connectivity index (χ0) is 22.2. The SMILES string of the molecule is COc1ccc(OC)c(C(=O)COC(=O)c2ccccc2OCc2ccccc2Cl)c1. The highest BCUT2D eigenvalue weighted by molar-refractivity contribution is 6.31. The third-order valence-corrected chi connectivity index (χ3v) is 4.86. The first-order chi connectivity index (χ1) is 15.0. The normalized spacial score (nSPS) is 10.3. The number of halogens is 1. The van der Waals surface area contributed by atoms with E-state index in [2.05, 4.69) is 0 Å². The molecule has 0 aliphatic rings. The summed E-state index contributed by atoms with van der Waals surface area (Å²) in [7, 11) is 2.95. The molecule has 0 radical (unpaired) electrons. The third-order valence-electron chi connectivity index (χ3n) is 4.49. The van der Waals surface area contributed by atoms with Gasteiger partial charge in [0.2, 0.25) is 5.78 Å². The summed E-state index contributed by atoms with van der Waals surface area (Å²) in [6.07, 6.45) is 0.